The third-order valence-corrected chi connectivity index (χ3v) is 7.40. The lowest BCUT2D eigenvalue weighted by Gasteiger charge is -2.44. The van der Waals surface area contributed by atoms with Gasteiger partial charge in [0.15, 0.2) is 0 Å². The molecule has 4 rings (SSSR count). The topological polar surface area (TPSA) is 0 Å². The Morgan fingerprint density at radius 1 is 0.682 bits per heavy atom. The van der Waals surface area contributed by atoms with Crippen molar-refractivity contribution >= 4 is 0 Å². The summed E-state index contributed by atoms with van der Waals surface area (Å²) in [5.41, 5.74) is 9.67. The van der Waals surface area contributed by atoms with E-state index in [1.807, 2.05) is 0 Å². The summed E-state index contributed by atoms with van der Waals surface area (Å²) in [6.45, 7) is 14.6. The predicted octanol–water partition coefficient (Wildman–Crippen LogP) is 5.85. The van der Waals surface area contributed by atoms with Crippen LogP contribution in [0, 0.1) is 5.41 Å². The number of fused-ring (bicyclic) bond motifs is 4. The molecule has 0 spiro atoms. The summed E-state index contributed by atoms with van der Waals surface area (Å²) >= 11 is 0. The summed E-state index contributed by atoms with van der Waals surface area (Å²) in [5, 5.41) is 0. The van der Waals surface area contributed by atoms with E-state index in [1.165, 1.54) is 22.3 Å². The van der Waals surface area contributed by atoms with Crippen LogP contribution < -0.4 is 0 Å². The second kappa shape index (κ2) is 3.85. The summed E-state index contributed by atoms with van der Waals surface area (Å²) in [6.07, 6.45) is 1.09. The van der Waals surface area contributed by atoms with Crippen LogP contribution in [-0.4, -0.2) is 0 Å². The lowest BCUT2D eigenvalue weighted by Crippen LogP contribution is -2.42. The first-order chi connectivity index (χ1) is 10.2. The second-order valence-electron chi connectivity index (χ2n) is 8.76. The van der Waals surface area contributed by atoms with Crippen LogP contribution in [0.15, 0.2) is 36.4 Å². The van der Waals surface area contributed by atoms with Crippen molar-refractivity contribution in [3.8, 4) is 11.1 Å². The van der Waals surface area contributed by atoms with Crippen LogP contribution in [-0.2, 0) is 17.3 Å². The first-order valence-electron chi connectivity index (χ1n) is 8.44. The van der Waals surface area contributed by atoms with Gasteiger partial charge in [-0.15, -0.1) is 0 Å². The molecule has 0 heteroatoms. The summed E-state index contributed by atoms with van der Waals surface area (Å²) in [6, 6.07) is 13.9. The Kier molecular flexibility index (Phi) is 2.46. The molecule has 0 aromatic heterocycles. The number of benzene rings is 2. The maximum Gasteiger partial charge on any atom is -0.00133 e. The smallest absolute Gasteiger partial charge is 0.00133 e. The van der Waals surface area contributed by atoms with Gasteiger partial charge in [-0.3, -0.25) is 0 Å². The van der Waals surface area contributed by atoms with Gasteiger partial charge >= 0.3 is 0 Å². The standard InChI is InChI=1S/C22H26/c1-20(2)18-12-15-11-14-9-7-8-10-16(14)17(15)13-19(18)21(3,4)22(20,5)6/h7-10,12-13H,11H2,1-6H3. The van der Waals surface area contributed by atoms with Crippen LogP contribution in [0.4, 0.5) is 0 Å². The van der Waals surface area contributed by atoms with E-state index in [9.17, 15) is 0 Å². The zero-order valence-electron chi connectivity index (χ0n) is 14.7. The molecule has 0 bridgehead atoms. The van der Waals surface area contributed by atoms with E-state index in [1.54, 1.807) is 11.1 Å². The third kappa shape index (κ3) is 1.39. The van der Waals surface area contributed by atoms with Gasteiger partial charge in [0.1, 0.15) is 0 Å². The van der Waals surface area contributed by atoms with Crippen LogP contribution in [0.2, 0.25) is 0 Å². The molecule has 0 atom stereocenters. The summed E-state index contributed by atoms with van der Waals surface area (Å²) in [4.78, 5) is 0. The maximum absolute atomic E-state index is 2.52. The minimum Gasteiger partial charge on any atom is -0.0619 e. The van der Waals surface area contributed by atoms with Crippen molar-refractivity contribution in [1.82, 2.24) is 0 Å². The van der Waals surface area contributed by atoms with E-state index >= 15 is 0 Å². The van der Waals surface area contributed by atoms with Gasteiger partial charge in [0.2, 0.25) is 0 Å². The van der Waals surface area contributed by atoms with Crippen LogP contribution >= 0.6 is 0 Å². The van der Waals surface area contributed by atoms with Crippen LogP contribution in [0.25, 0.3) is 11.1 Å². The molecule has 2 aliphatic carbocycles. The second-order valence-corrected chi connectivity index (χ2v) is 8.76. The molecule has 2 aliphatic rings. The normalized spacial score (nSPS) is 22.1. The van der Waals surface area contributed by atoms with Crippen molar-refractivity contribution in [2.24, 2.45) is 5.41 Å². The van der Waals surface area contributed by atoms with Crippen LogP contribution in [0.1, 0.15) is 63.8 Å². The Morgan fingerprint density at radius 2 is 1.27 bits per heavy atom. The van der Waals surface area contributed by atoms with Gasteiger partial charge < -0.3 is 0 Å². The molecule has 0 radical (unpaired) electrons. The Labute approximate surface area is 134 Å². The predicted molar refractivity (Wildman–Crippen MR) is 94.5 cm³/mol. The molecular formula is C22H26. The Hall–Kier alpha value is -1.56. The Morgan fingerprint density at radius 3 is 1.95 bits per heavy atom. The monoisotopic (exact) mass is 290 g/mol. The maximum atomic E-state index is 2.52. The molecule has 0 amide bonds. The molecule has 0 N–H and O–H groups in total. The zero-order chi connectivity index (χ0) is 15.9. The fourth-order valence-electron chi connectivity index (χ4n) is 4.67. The first-order valence-corrected chi connectivity index (χ1v) is 8.44. The molecular weight excluding hydrogens is 264 g/mol. The average molecular weight is 290 g/mol. The minimum atomic E-state index is 0.193. The molecule has 0 heterocycles. The average Bonchev–Trinajstić information content (AvgIpc) is 2.86. The largest absolute Gasteiger partial charge is 0.0619 e. The van der Waals surface area contributed by atoms with Crippen molar-refractivity contribution in [2.45, 2.75) is 58.8 Å². The highest BCUT2D eigenvalue weighted by molar-refractivity contribution is 5.79. The SMILES string of the molecule is CC1(C)c2cc3c(cc2C(C)(C)C1(C)C)-c1ccccc1C3. The van der Waals surface area contributed by atoms with Gasteiger partial charge in [-0.25, -0.2) is 0 Å². The van der Waals surface area contributed by atoms with Crippen molar-refractivity contribution in [2.75, 3.05) is 0 Å². The quantitative estimate of drug-likeness (QED) is 0.487. The number of rotatable bonds is 0. The highest BCUT2D eigenvalue weighted by Gasteiger charge is 2.57. The van der Waals surface area contributed by atoms with Crippen molar-refractivity contribution in [3.63, 3.8) is 0 Å². The molecule has 0 aliphatic heterocycles. The molecule has 22 heavy (non-hydrogen) atoms. The fourth-order valence-corrected chi connectivity index (χ4v) is 4.67. The van der Waals surface area contributed by atoms with Crippen LogP contribution in [0.5, 0.6) is 0 Å². The highest BCUT2D eigenvalue weighted by atomic mass is 14.6. The van der Waals surface area contributed by atoms with Gasteiger partial charge in [0.25, 0.3) is 0 Å². The summed E-state index contributed by atoms with van der Waals surface area (Å²) < 4.78 is 0. The molecule has 0 unspecified atom stereocenters. The molecule has 0 fully saturated rings. The molecule has 2 aromatic carbocycles. The van der Waals surface area contributed by atoms with E-state index < -0.39 is 0 Å². The van der Waals surface area contributed by atoms with Gasteiger partial charge in [-0.05, 0) is 62.1 Å². The zero-order valence-corrected chi connectivity index (χ0v) is 14.7. The summed E-state index contributed by atoms with van der Waals surface area (Å²) in [5.74, 6) is 0. The lowest BCUT2D eigenvalue weighted by atomic mass is 9.59. The number of hydrogen-bond acceptors (Lipinski definition) is 0. The Balaban J connectivity index is 2.02. The van der Waals surface area contributed by atoms with E-state index in [2.05, 4.69) is 77.9 Å². The van der Waals surface area contributed by atoms with Crippen molar-refractivity contribution in [3.05, 3.63) is 58.7 Å². The van der Waals surface area contributed by atoms with Gasteiger partial charge in [-0.1, -0.05) is 71.9 Å². The van der Waals surface area contributed by atoms with Gasteiger partial charge in [0.05, 0.1) is 0 Å². The van der Waals surface area contributed by atoms with Crippen molar-refractivity contribution < 1.29 is 0 Å². The number of hydrogen-bond donors (Lipinski definition) is 0. The van der Waals surface area contributed by atoms with Gasteiger partial charge in [0, 0.05) is 0 Å². The molecule has 114 valence electrons. The molecule has 0 saturated heterocycles. The van der Waals surface area contributed by atoms with Crippen molar-refractivity contribution in [1.29, 1.82) is 0 Å². The minimum absolute atomic E-state index is 0.193. The lowest BCUT2D eigenvalue weighted by molar-refractivity contribution is 0.125. The Bertz CT molecular complexity index is 788. The molecule has 2 aromatic rings. The third-order valence-electron chi connectivity index (χ3n) is 7.40. The highest BCUT2D eigenvalue weighted by Crippen LogP contribution is 2.62. The van der Waals surface area contributed by atoms with E-state index in [-0.39, 0.29) is 16.2 Å². The van der Waals surface area contributed by atoms with Crippen LogP contribution in [0.3, 0.4) is 0 Å². The summed E-state index contributed by atoms with van der Waals surface area (Å²) in [7, 11) is 0. The first kappa shape index (κ1) is 14.1. The van der Waals surface area contributed by atoms with E-state index in [0.29, 0.717) is 0 Å². The van der Waals surface area contributed by atoms with E-state index in [4.69, 9.17) is 0 Å². The molecule has 0 saturated carbocycles. The molecule has 0 nitrogen and oxygen atoms in total. The fraction of sp³-hybridized carbons (Fsp3) is 0.455. The van der Waals surface area contributed by atoms with E-state index in [0.717, 1.165) is 6.42 Å². The van der Waals surface area contributed by atoms with Gasteiger partial charge in [-0.2, -0.15) is 0 Å².